The molecule has 120 valence electrons. The van der Waals surface area contributed by atoms with Gasteiger partial charge in [0.2, 0.25) is 0 Å². The molecule has 2 aliphatic heterocycles. The van der Waals surface area contributed by atoms with Crippen molar-refractivity contribution in [1.29, 1.82) is 0 Å². The van der Waals surface area contributed by atoms with Crippen molar-refractivity contribution < 1.29 is 9.90 Å². The fourth-order valence-electron chi connectivity index (χ4n) is 3.79. The maximum absolute atomic E-state index is 11.7. The molecule has 0 atom stereocenters. The normalized spacial score (nSPS) is 20.7. The zero-order chi connectivity index (χ0) is 15.6. The van der Waals surface area contributed by atoms with Gasteiger partial charge in [0, 0.05) is 24.3 Å². The molecule has 1 fully saturated rings. The molecule has 5 nitrogen and oxygen atoms in total. The lowest BCUT2D eigenvalue weighted by molar-refractivity contribution is -0.152. The lowest BCUT2D eigenvalue weighted by Gasteiger charge is -2.38. The van der Waals surface area contributed by atoms with Gasteiger partial charge in [-0.15, -0.1) is 6.58 Å². The Balaban J connectivity index is 1.61. The first-order chi connectivity index (χ1) is 10.6. The third-order valence-corrected chi connectivity index (χ3v) is 5.31. The number of fused-ring (bicyclic) bond motifs is 1. The van der Waals surface area contributed by atoms with E-state index in [-0.39, 0.29) is 0 Å². The van der Waals surface area contributed by atoms with Crippen LogP contribution in [0, 0.1) is 5.41 Å². The number of rotatable bonds is 6. The van der Waals surface area contributed by atoms with E-state index in [0.29, 0.717) is 6.42 Å². The summed E-state index contributed by atoms with van der Waals surface area (Å²) in [4.78, 5) is 14.1. The highest BCUT2D eigenvalue weighted by atomic mass is 16.4. The van der Waals surface area contributed by atoms with E-state index in [0.717, 1.165) is 51.9 Å². The molecule has 0 aliphatic carbocycles. The second-order valence-electron chi connectivity index (χ2n) is 6.63. The van der Waals surface area contributed by atoms with Gasteiger partial charge in [-0.25, -0.2) is 0 Å². The number of allylic oxidation sites excluding steroid dienone is 1. The van der Waals surface area contributed by atoms with Gasteiger partial charge in [-0.05, 0) is 51.6 Å². The highest BCUT2D eigenvalue weighted by molar-refractivity contribution is 5.74. The minimum absolute atomic E-state index is 0.550. The zero-order valence-electron chi connectivity index (χ0n) is 13.1. The van der Waals surface area contributed by atoms with Gasteiger partial charge in [0.25, 0.3) is 0 Å². The van der Waals surface area contributed by atoms with Gasteiger partial charge in [0.05, 0.1) is 11.6 Å². The number of aromatic nitrogens is 2. The van der Waals surface area contributed by atoms with E-state index < -0.39 is 11.4 Å². The van der Waals surface area contributed by atoms with Crippen molar-refractivity contribution in [3.8, 4) is 0 Å². The average molecular weight is 303 g/mol. The van der Waals surface area contributed by atoms with Crippen LogP contribution in [0.15, 0.2) is 18.9 Å². The van der Waals surface area contributed by atoms with E-state index in [2.05, 4.69) is 21.3 Å². The van der Waals surface area contributed by atoms with Gasteiger partial charge in [0.15, 0.2) is 0 Å². The fourth-order valence-corrected chi connectivity index (χ4v) is 3.79. The number of likely N-dealkylation sites (tertiary alicyclic amines) is 1. The molecule has 1 saturated heterocycles. The minimum atomic E-state index is -0.638. The summed E-state index contributed by atoms with van der Waals surface area (Å²) in [6.07, 6.45) is 9.10. The molecule has 3 heterocycles. The monoisotopic (exact) mass is 303 g/mol. The van der Waals surface area contributed by atoms with Crippen molar-refractivity contribution in [3.63, 3.8) is 0 Å². The van der Waals surface area contributed by atoms with Crippen LogP contribution in [-0.4, -0.2) is 38.8 Å². The van der Waals surface area contributed by atoms with Gasteiger partial charge in [-0.3, -0.25) is 14.4 Å². The average Bonchev–Trinajstić information content (AvgIpc) is 3.11. The molecule has 5 heteroatoms. The number of carboxylic acids is 1. The van der Waals surface area contributed by atoms with Crippen molar-refractivity contribution in [1.82, 2.24) is 14.7 Å². The number of piperidine rings is 1. The Kier molecular flexibility index (Phi) is 4.34. The Morgan fingerprint density at radius 1 is 1.41 bits per heavy atom. The van der Waals surface area contributed by atoms with Gasteiger partial charge < -0.3 is 5.11 Å². The zero-order valence-corrected chi connectivity index (χ0v) is 13.1. The molecule has 0 saturated carbocycles. The van der Waals surface area contributed by atoms with Crippen LogP contribution in [0.3, 0.4) is 0 Å². The van der Waals surface area contributed by atoms with Crippen LogP contribution in [0.5, 0.6) is 0 Å². The first-order valence-corrected chi connectivity index (χ1v) is 8.25. The summed E-state index contributed by atoms with van der Waals surface area (Å²) in [5.74, 6) is -0.638. The van der Waals surface area contributed by atoms with E-state index in [1.54, 1.807) is 0 Å². The molecule has 1 N–H and O–H groups in total. The van der Waals surface area contributed by atoms with Crippen LogP contribution >= 0.6 is 0 Å². The van der Waals surface area contributed by atoms with Gasteiger partial charge in [-0.2, -0.15) is 5.10 Å². The molecule has 0 spiro atoms. The molecule has 0 bridgehead atoms. The van der Waals surface area contributed by atoms with Crippen LogP contribution in [0.4, 0.5) is 0 Å². The Bertz CT molecular complexity index is 556. The molecule has 1 aromatic heterocycles. The van der Waals surface area contributed by atoms with Crippen LogP contribution in [0.2, 0.25) is 0 Å². The molecule has 2 aliphatic rings. The second-order valence-corrected chi connectivity index (χ2v) is 6.63. The van der Waals surface area contributed by atoms with Gasteiger partial charge in [0.1, 0.15) is 0 Å². The predicted octanol–water partition coefficient (Wildman–Crippen LogP) is 2.46. The third-order valence-electron chi connectivity index (χ3n) is 5.31. The van der Waals surface area contributed by atoms with Gasteiger partial charge >= 0.3 is 5.97 Å². The van der Waals surface area contributed by atoms with Crippen LogP contribution in [0.25, 0.3) is 0 Å². The third kappa shape index (κ3) is 2.82. The number of nitrogens with zero attached hydrogens (tertiary/aromatic N) is 3. The van der Waals surface area contributed by atoms with E-state index in [4.69, 9.17) is 0 Å². The summed E-state index contributed by atoms with van der Waals surface area (Å²) in [5, 5.41) is 14.1. The number of carboxylic acid groups (broad SMARTS) is 1. The van der Waals surface area contributed by atoms with E-state index in [9.17, 15) is 9.90 Å². The summed E-state index contributed by atoms with van der Waals surface area (Å²) in [7, 11) is 0. The summed E-state index contributed by atoms with van der Waals surface area (Å²) >= 11 is 0. The van der Waals surface area contributed by atoms with Crippen molar-refractivity contribution in [2.75, 3.05) is 13.1 Å². The molecule has 0 aromatic carbocycles. The van der Waals surface area contributed by atoms with Crippen LogP contribution < -0.4 is 0 Å². The number of carbonyl (C=O) groups is 1. The van der Waals surface area contributed by atoms with E-state index >= 15 is 0 Å². The Labute approximate surface area is 131 Å². The lowest BCUT2D eigenvalue weighted by atomic mass is 9.75. The van der Waals surface area contributed by atoms with Crippen molar-refractivity contribution in [2.45, 2.75) is 51.6 Å². The minimum Gasteiger partial charge on any atom is -0.481 e. The maximum Gasteiger partial charge on any atom is 0.309 e. The van der Waals surface area contributed by atoms with Crippen molar-refractivity contribution >= 4 is 5.97 Å². The first-order valence-electron chi connectivity index (χ1n) is 8.25. The van der Waals surface area contributed by atoms with Gasteiger partial charge in [-0.1, -0.05) is 6.08 Å². The predicted molar refractivity (Wildman–Crippen MR) is 84.6 cm³/mol. The number of hydrogen-bond donors (Lipinski definition) is 1. The van der Waals surface area contributed by atoms with Crippen molar-refractivity contribution in [2.24, 2.45) is 5.41 Å². The number of aryl methyl sites for hydroxylation is 1. The Morgan fingerprint density at radius 2 is 2.18 bits per heavy atom. The molecule has 3 rings (SSSR count). The summed E-state index contributed by atoms with van der Waals surface area (Å²) in [6, 6.07) is 0. The molecule has 0 amide bonds. The Morgan fingerprint density at radius 3 is 2.86 bits per heavy atom. The topological polar surface area (TPSA) is 58.4 Å². The Hall–Kier alpha value is -1.62. The molecule has 0 radical (unpaired) electrons. The maximum atomic E-state index is 11.7. The van der Waals surface area contributed by atoms with E-state index in [1.807, 2.05) is 12.3 Å². The SMILES string of the molecule is C=CCCC1(C(=O)O)CCN(Cc2cnn3c2CCC3)CC1. The molecular formula is C17H25N3O2. The molecule has 0 unspecified atom stereocenters. The largest absolute Gasteiger partial charge is 0.481 e. The smallest absolute Gasteiger partial charge is 0.309 e. The second kappa shape index (κ2) is 6.24. The van der Waals surface area contributed by atoms with Crippen LogP contribution in [-0.2, 0) is 24.3 Å². The summed E-state index contributed by atoms with van der Waals surface area (Å²) in [5.41, 5.74) is 2.15. The number of hydrogen-bond acceptors (Lipinski definition) is 3. The van der Waals surface area contributed by atoms with E-state index in [1.165, 1.54) is 17.7 Å². The number of aliphatic carboxylic acids is 1. The first kappa shape index (κ1) is 15.3. The summed E-state index contributed by atoms with van der Waals surface area (Å²) in [6.45, 7) is 7.38. The highest BCUT2D eigenvalue weighted by Gasteiger charge is 2.40. The lowest BCUT2D eigenvalue weighted by Crippen LogP contribution is -2.44. The molecule has 22 heavy (non-hydrogen) atoms. The van der Waals surface area contributed by atoms with Crippen molar-refractivity contribution in [3.05, 3.63) is 30.1 Å². The van der Waals surface area contributed by atoms with Crippen LogP contribution in [0.1, 0.15) is 43.4 Å². The highest BCUT2D eigenvalue weighted by Crippen LogP contribution is 2.37. The summed E-state index contributed by atoms with van der Waals surface area (Å²) < 4.78 is 2.12. The fraction of sp³-hybridized carbons (Fsp3) is 0.647. The standard InChI is InChI=1S/C17H25N3O2/c1-2-3-6-17(16(21)22)7-10-19(11-8-17)13-14-12-18-20-9-4-5-15(14)20/h2,12H,1,3-11,13H2,(H,21,22). The molecule has 1 aromatic rings. The molecular weight excluding hydrogens is 278 g/mol. The quantitative estimate of drug-likeness (QED) is 0.820.